The molecule has 2 aliphatic heterocycles. The molecule has 1 aromatic carbocycles. The maximum Gasteiger partial charge on any atom is 0.281 e. The van der Waals surface area contributed by atoms with Crippen LogP contribution in [0.2, 0.25) is 0 Å². The topological polar surface area (TPSA) is 92.2 Å². The summed E-state index contributed by atoms with van der Waals surface area (Å²) in [4.78, 5) is 29.7. The molecule has 2 N–H and O–H groups in total. The summed E-state index contributed by atoms with van der Waals surface area (Å²) in [5, 5.41) is 0. The Bertz CT molecular complexity index is 1010. The average molecular weight is 454 g/mol. The summed E-state index contributed by atoms with van der Waals surface area (Å²) >= 11 is 0. The van der Waals surface area contributed by atoms with Gasteiger partial charge in [0.15, 0.2) is 11.5 Å². The number of imidazole rings is 1. The average Bonchev–Trinajstić information content (AvgIpc) is 3.25. The van der Waals surface area contributed by atoms with E-state index in [0.29, 0.717) is 43.7 Å². The van der Waals surface area contributed by atoms with E-state index in [9.17, 15) is 4.79 Å². The first kappa shape index (κ1) is 23.1. The lowest BCUT2D eigenvalue weighted by Crippen LogP contribution is -2.54. The van der Waals surface area contributed by atoms with Crippen molar-refractivity contribution in [3.8, 4) is 5.75 Å². The van der Waals surface area contributed by atoms with Gasteiger partial charge in [0, 0.05) is 38.8 Å². The van der Waals surface area contributed by atoms with Gasteiger partial charge in [-0.1, -0.05) is 19.1 Å². The standard InChI is InChI=1S/C24H35N7O2/c1-5-18(25)16-28(6-2)24-27-21-20(29(24)7-3)22(32)31(23-26-13-8-14-30(21)23)15-17-9-11-19(33-4)12-10-17/h9-12,18H,5-8,13-16,25H2,1-4H3/t18-/m1/s1. The van der Waals surface area contributed by atoms with Crippen LogP contribution in [0.3, 0.4) is 0 Å². The highest BCUT2D eigenvalue weighted by Gasteiger charge is 2.41. The number of amides is 1. The summed E-state index contributed by atoms with van der Waals surface area (Å²) in [6, 6.07) is 7.87. The third-order valence-corrected chi connectivity index (χ3v) is 6.37. The maximum atomic E-state index is 13.9. The van der Waals surface area contributed by atoms with Crippen molar-refractivity contribution in [2.24, 2.45) is 10.7 Å². The second-order valence-corrected chi connectivity index (χ2v) is 8.46. The Balaban J connectivity index is 1.75. The van der Waals surface area contributed by atoms with E-state index in [2.05, 4.69) is 30.6 Å². The van der Waals surface area contributed by atoms with Gasteiger partial charge in [0.1, 0.15) is 5.75 Å². The van der Waals surface area contributed by atoms with E-state index in [1.807, 2.05) is 28.8 Å². The van der Waals surface area contributed by atoms with Crippen molar-refractivity contribution >= 4 is 23.6 Å². The summed E-state index contributed by atoms with van der Waals surface area (Å²) in [6.07, 6.45) is 1.82. The number of hydrogen-bond donors (Lipinski definition) is 1. The zero-order valence-electron chi connectivity index (χ0n) is 20.1. The Morgan fingerprint density at radius 3 is 2.61 bits per heavy atom. The zero-order chi connectivity index (χ0) is 23.5. The van der Waals surface area contributed by atoms with Crippen molar-refractivity contribution < 1.29 is 9.53 Å². The van der Waals surface area contributed by atoms with E-state index < -0.39 is 0 Å². The van der Waals surface area contributed by atoms with Crippen LogP contribution in [-0.2, 0) is 13.1 Å². The first-order chi connectivity index (χ1) is 16.0. The molecule has 9 heteroatoms. The Morgan fingerprint density at radius 2 is 1.97 bits per heavy atom. The molecule has 2 aromatic rings. The predicted octanol–water partition coefficient (Wildman–Crippen LogP) is 2.70. The number of nitrogens with two attached hydrogens (primary N) is 1. The Kier molecular flexibility index (Phi) is 6.88. The number of hydrogen-bond acceptors (Lipinski definition) is 7. The monoisotopic (exact) mass is 453 g/mol. The van der Waals surface area contributed by atoms with Gasteiger partial charge in [-0.15, -0.1) is 0 Å². The van der Waals surface area contributed by atoms with Crippen LogP contribution in [-0.4, -0.2) is 65.6 Å². The number of likely N-dealkylation sites (N-methyl/N-ethyl adjacent to an activating group) is 1. The Hall–Kier alpha value is -3.07. The highest BCUT2D eigenvalue weighted by molar-refractivity contribution is 6.17. The molecule has 1 aromatic heterocycles. The number of aliphatic imine (C=N–C) groups is 1. The van der Waals surface area contributed by atoms with Gasteiger partial charge in [-0.25, -0.2) is 0 Å². The molecular weight excluding hydrogens is 418 g/mol. The van der Waals surface area contributed by atoms with Gasteiger partial charge < -0.3 is 19.9 Å². The number of carbonyl (C=O) groups excluding carboxylic acids is 1. The number of carbonyl (C=O) groups is 1. The molecule has 4 rings (SSSR count). The summed E-state index contributed by atoms with van der Waals surface area (Å²) < 4.78 is 7.31. The molecule has 0 bridgehead atoms. The molecule has 1 amide bonds. The number of nitrogens with zero attached hydrogens (tertiary/aromatic N) is 6. The van der Waals surface area contributed by atoms with Crippen LogP contribution in [0.25, 0.3) is 0 Å². The minimum absolute atomic E-state index is 0.0540. The Labute approximate surface area is 195 Å². The lowest BCUT2D eigenvalue weighted by molar-refractivity contribution is 0.0820. The van der Waals surface area contributed by atoms with Crippen molar-refractivity contribution in [3.63, 3.8) is 0 Å². The molecule has 9 nitrogen and oxygen atoms in total. The van der Waals surface area contributed by atoms with E-state index in [-0.39, 0.29) is 11.9 Å². The smallest absolute Gasteiger partial charge is 0.281 e. The number of guanidine groups is 1. The highest BCUT2D eigenvalue weighted by atomic mass is 16.5. The van der Waals surface area contributed by atoms with Crippen LogP contribution < -0.4 is 20.3 Å². The van der Waals surface area contributed by atoms with E-state index in [4.69, 9.17) is 20.4 Å². The van der Waals surface area contributed by atoms with Gasteiger partial charge in [-0.2, -0.15) is 4.98 Å². The summed E-state index contributed by atoms with van der Waals surface area (Å²) in [5.74, 6) is 2.94. The number of fused-ring (bicyclic) bond motifs is 3. The van der Waals surface area contributed by atoms with Gasteiger partial charge in [0.05, 0.1) is 13.7 Å². The number of anilines is 2. The minimum atomic E-state index is -0.0610. The molecule has 178 valence electrons. The fourth-order valence-corrected chi connectivity index (χ4v) is 4.43. The van der Waals surface area contributed by atoms with Gasteiger partial charge in [-0.3, -0.25) is 19.6 Å². The second-order valence-electron chi connectivity index (χ2n) is 8.46. The zero-order valence-corrected chi connectivity index (χ0v) is 20.1. The third kappa shape index (κ3) is 4.29. The molecular formula is C24H35N7O2. The number of ether oxygens (including phenoxy) is 1. The van der Waals surface area contributed by atoms with Gasteiger partial charge in [0.25, 0.3) is 5.91 Å². The Morgan fingerprint density at radius 1 is 1.21 bits per heavy atom. The molecule has 0 saturated carbocycles. The largest absolute Gasteiger partial charge is 0.497 e. The number of benzene rings is 1. The first-order valence-corrected chi connectivity index (χ1v) is 11.9. The molecule has 0 radical (unpaired) electrons. The summed E-state index contributed by atoms with van der Waals surface area (Å²) in [7, 11) is 1.65. The first-order valence-electron chi connectivity index (χ1n) is 11.9. The summed E-state index contributed by atoms with van der Waals surface area (Å²) in [6.45, 7) is 10.3. The molecule has 0 spiro atoms. The maximum absolute atomic E-state index is 13.9. The molecule has 1 atom stereocenters. The van der Waals surface area contributed by atoms with E-state index in [0.717, 1.165) is 43.2 Å². The molecule has 0 saturated heterocycles. The number of rotatable bonds is 9. The molecule has 0 aliphatic carbocycles. The predicted molar refractivity (Wildman–Crippen MR) is 131 cm³/mol. The van der Waals surface area contributed by atoms with Crippen LogP contribution in [0.5, 0.6) is 5.75 Å². The lowest BCUT2D eigenvalue weighted by atomic mass is 10.1. The van der Waals surface area contributed by atoms with Crippen LogP contribution in [0, 0.1) is 0 Å². The van der Waals surface area contributed by atoms with E-state index in [1.54, 1.807) is 12.0 Å². The van der Waals surface area contributed by atoms with Crippen molar-refractivity contribution in [1.82, 2.24) is 14.5 Å². The van der Waals surface area contributed by atoms with Crippen LogP contribution in [0.4, 0.5) is 11.8 Å². The highest BCUT2D eigenvalue weighted by Crippen LogP contribution is 2.34. The number of aromatic nitrogens is 2. The third-order valence-electron chi connectivity index (χ3n) is 6.37. The normalized spacial score (nSPS) is 16.3. The summed E-state index contributed by atoms with van der Waals surface area (Å²) in [5.41, 5.74) is 7.92. The SMILES string of the molecule is CC[C@@H](N)CN(CC)c1nc2c(n1CC)C(=O)N(Cc1ccc(OC)cc1)C1=NCCCN12. The quantitative estimate of drug-likeness (QED) is 0.628. The lowest BCUT2D eigenvalue weighted by Gasteiger charge is -2.38. The van der Waals surface area contributed by atoms with Crippen LogP contribution >= 0.6 is 0 Å². The van der Waals surface area contributed by atoms with Crippen molar-refractivity contribution in [2.75, 3.05) is 43.1 Å². The fraction of sp³-hybridized carbons (Fsp3) is 0.542. The second kappa shape index (κ2) is 9.82. The molecule has 33 heavy (non-hydrogen) atoms. The number of methoxy groups -OCH3 is 1. The van der Waals surface area contributed by atoms with Gasteiger partial charge in [-0.05, 0) is 44.4 Å². The van der Waals surface area contributed by atoms with E-state index >= 15 is 0 Å². The molecule has 3 heterocycles. The molecule has 0 unspecified atom stereocenters. The van der Waals surface area contributed by atoms with E-state index in [1.165, 1.54) is 0 Å². The van der Waals surface area contributed by atoms with Crippen molar-refractivity contribution in [3.05, 3.63) is 35.5 Å². The van der Waals surface area contributed by atoms with Gasteiger partial charge >= 0.3 is 0 Å². The van der Waals surface area contributed by atoms with Crippen molar-refractivity contribution in [2.45, 2.75) is 52.7 Å². The van der Waals surface area contributed by atoms with Crippen molar-refractivity contribution in [1.29, 1.82) is 0 Å². The molecule has 0 fully saturated rings. The minimum Gasteiger partial charge on any atom is -0.497 e. The van der Waals surface area contributed by atoms with Gasteiger partial charge in [0.2, 0.25) is 11.9 Å². The molecule has 2 aliphatic rings. The van der Waals surface area contributed by atoms with Crippen LogP contribution in [0.15, 0.2) is 29.3 Å². The fourth-order valence-electron chi connectivity index (χ4n) is 4.43. The van der Waals surface area contributed by atoms with Crippen LogP contribution in [0.1, 0.15) is 49.7 Å².